The largest absolute Gasteiger partial charge is 0.503 e. The first kappa shape index (κ1) is 29.0. The first-order valence-electron chi connectivity index (χ1n) is 13.0. The number of nitrogens with one attached hydrogen (secondary N) is 2. The number of hydrogen-bond acceptors (Lipinski definition) is 7. The van der Waals surface area contributed by atoms with Gasteiger partial charge in [-0.1, -0.05) is 59.3 Å². The lowest BCUT2D eigenvalue weighted by molar-refractivity contribution is -0.113. The van der Waals surface area contributed by atoms with Crippen molar-refractivity contribution in [2.24, 2.45) is 0 Å². The maximum absolute atomic E-state index is 13.9. The molecule has 0 bridgehead atoms. The maximum Gasteiger partial charge on any atom is 0.255 e. The fourth-order valence-electron chi connectivity index (χ4n) is 4.71. The number of allylic oxidation sites excluding steroid dienone is 1. The van der Waals surface area contributed by atoms with E-state index in [4.69, 9.17) is 26.4 Å². The van der Waals surface area contributed by atoms with Crippen molar-refractivity contribution in [1.82, 2.24) is 14.8 Å². The molecule has 1 aliphatic heterocycles. The molecule has 1 unspecified atom stereocenters. The minimum atomic E-state index is -0.657. The molecule has 1 aromatic heterocycles. The summed E-state index contributed by atoms with van der Waals surface area (Å²) in [5.41, 5.74) is 5.57. The lowest BCUT2D eigenvalue weighted by Crippen LogP contribution is -2.31. The van der Waals surface area contributed by atoms with Crippen molar-refractivity contribution in [3.8, 4) is 11.5 Å². The molecule has 41 heavy (non-hydrogen) atoms. The van der Waals surface area contributed by atoms with E-state index in [1.165, 1.54) is 11.8 Å². The van der Waals surface area contributed by atoms with Crippen LogP contribution < -0.4 is 15.4 Å². The van der Waals surface area contributed by atoms with Gasteiger partial charge in [-0.15, -0.1) is 5.10 Å². The Balaban J connectivity index is 1.57. The minimum absolute atomic E-state index is 0.0127. The number of phenolic OH excluding ortho intramolecular Hbond substituents is 1. The number of phenols is 1. The van der Waals surface area contributed by atoms with Crippen LogP contribution in [0.15, 0.2) is 75.5 Å². The highest BCUT2D eigenvalue weighted by atomic mass is 79.9. The zero-order chi connectivity index (χ0) is 29.3. The number of rotatable bonds is 8. The number of carbonyl (C=O) groups is 1. The predicted octanol–water partition coefficient (Wildman–Crippen LogP) is 7.64. The molecule has 5 rings (SSSR count). The zero-order valence-electron chi connectivity index (χ0n) is 23.0. The lowest BCUT2D eigenvalue weighted by Gasteiger charge is -2.29. The Kier molecular flexibility index (Phi) is 8.63. The monoisotopic (exact) mass is 653 g/mol. The van der Waals surface area contributed by atoms with Gasteiger partial charge in [0.2, 0.25) is 11.1 Å². The van der Waals surface area contributed by atoms with Crippen LogP contribution in [0.5, 0.6) is 11.5 Å². The van der Waals surface area contributed by atoms with Crippen molar-refractivity contribution < 1.29 is 14.6 Å². The van der Waals surface area contributed by atoms with Gasteiger partial charge >= 0.3 is 0 Å². The number of halogens is 2. The van der Waals surface area contributed by atoms with Crippen LogP contribution in [0.3, 0.4) is 0 Å². The van der Waals surface area contributed by atoms with Gasteiger partial charge in [0.25, 0.3) is 5.91 Å². The standard InChI is InChI=1S/C30H29BrClN5O3S/c1-5-40-24-14-20(13-21(31)27(24)38)26-25(28(39)34-23-11-10-16(2)12-17(23)3)18(4)33-29-35-30(36-37(26)29)41-15-19-8-6-7-9-22(19)32/h6-14,26,38H,5,15H2,1-4H3,(H,34,39)(H,33,35,36). The third-order valence-electron chi connectivity index (χ3n) is 6.69. The fraction of sp³-hybridized carbons (Fsp3) is 0.233. The summed E-state index contributed by atoms with van der Waals surface area (Å²) < 4.78 is 7.86. The van der Waals surface area contributed by atoms with Gasteiger partial charge in [0, 0.05) is 22.2 Å². The predicted molar refractivity (Wildman–Crippen MR) is 167 cm³/mol. The Morgan fingerprint density at radius 2 is 1.98 bits per heavy atom. The second-order valence-electron chi connectivity index (χ2n) is 9.66. The summed E-state index contributed by atoms with van der Waals surface area (Å²) in [5, 5.41) is 23.0. The maximum atomic E-state index is 13.9. The molecule has 0 saturated heterocycles. The van der Waals surface area contributed by atoms with Crippen molar-refractivity contribution in [2.45, 2.75) is 44.6 Å². The van der Waals surface area contributed by atoms with E-state index >= 15 is 0 Å². The number of aromatic hydroxyl groups is 1. The van der Waals surface area contributed by atoms with Gasteiger partial charge in [0.1, 0.15) is 6.04 Å². The van der Waals surface area contributed by atoms with Crippen molar-refractivity contribution in [1.29, 1.82) is 0 Å². The molecular weight excluding hydrogens is 626 g/mol. The number of nitrogens with zero attached hydrogens (tertiary/aromatic N) is 3. The van der Waals surface area contributed by atoms with Crippen LogP contribution in [0.4, 0.5) is 11.6 Å². The number of aromatic nitrogens is 3. The first-order valence-corrected chi connectivity index (χ1v) is 15.2. The third kappa shape index (κ3) is 6.10. The van der Waals surface area contributed by atoms with Gasteiger partial charge in [0.05, 0.1) is 16.7 Å². The second-order valence-corrected chi connectivity index (χ2v) is 11.9. The highest BCUT2D eigenvalue weighted by Gasteiger charge is 2.35. The average molecular weight is 655 g/mol. The Labute approximate surface area is 256 Å². The molecule has 4 aromatic rings. The van der Waals surface area contributed by atoms with Crippen molar-refractivity contribution in [3.63, 3.8) is 0 Å². The van der Waals surface area contributed by atoms with E-state index in [2.05, 4.69) is 26.6 Å². The number of carbonyl (C=O) groups excluding carboxylic acids is 1. The van der Waals surface area contributed by atoms with Crippen LogP contribution in [0.2, 0.25) is 5.02 Å². The third-order valence-corrected chi connectivity index (χ3v) is 8.55. The van der Waals surface area contributed by atoms with E-state index in [0.29, 0.717) is 55.5 Å². The molecule has 0 spiro atoms. The highest BCUT2D eigenvalue weighted by molar-refractivity contribution is 9.10. The van der Waals surface area contributed by atoms with Crippen LogP contribution in [-0.2, 0) is 10.5 Å². The molecule has 1 amide bonds. The molecule has 8 nitrogen and oxygen atoms in total. The van der Waals surface area contributed by atoms with Gasteiger partial charge in [-0.05, 0) is 84.6 Å². The van der Waals surface area contributed by atoms with Crippen LogP contribution in [0.1, 0.15) is 42.1 Å². The van der Waals surface area contributed by atoms with Crippen molar-refractivity contribution in [2.75, 3.05) is 17.2 Å². The van der Waals surface area contributed by atoms with E-state index in [9.17, 15) is 9.90 Å². The van der Waals surface area contributed by atoms with Crippen molar-refractivity contribution in [3.05, 3.63) is 97.6 Å². The van der Waals surface area contributed by atoms with E-state index in [-0.39, 0.29) is 11.7 Å². The number of benzene rings is 3. The lowest BCUT2D eigenvalue weighted by atomic mass is 9.94. The SMILES string of the molecule is CCOc1cc(C2C(C(=O)Nc3ccc(C)cc3C)=C(C)Nc3nc(SCc4ccccc4Cl)nn32)cc(Br)c1O. The molecule has 3 N–H and O–H groups in total. The Morgan fingerprint density at radius 3 is 2.71 bits per heavy atom. The van der Waals surface area contributed by atoms with Crippen LogP contribution in [0.25, 0.3) is 0 Å². The molecule has 1 atom stereocenters. The second kappa shape index (κ2) is 12.2. The fourth-order valence-corrected chi connectivity index (χ4v) is 6.29. The minimum Gasteiger partial charge on any atom is -0.503 e. The number of amides is 1. The van der Waals surface area contributed by atoms with Crippen LogP contribution in [0, 0.1) is 13.8 Å². The molecule has 0 fully saturated rings. The molecule has 212 valence electrons. The molecule has 1 aliphatic rings. The molecule has 2 heterocycles. The Morgan fingerprint density at radius 1 is 1.20 bits per heavy atom. The number of fused-ring (bicyclic) bond motifs is 1. The van der Waals surface area contributed by atoms with E-state index in [1.807, 2.05) is 70.2 Å². The zero-order valence-corrected chi connectivity index (χ0v) is 26.1. The summed E-state index contributed by atoms with van der Waals surface area (Å²) in [6, 6.07) is 16.4. The van der Waals surface area contributed by atoms with Crippen LogP contribution in [-0.4, -0.2) is 32.4 Å². The van der Waals surface area contributed by atoms with Gasteiger partial charge in [0.15, 0.2) is 11.5 Å². The summed E-state index contributed by atoms with van der Waals surface area (Å²) in [5.74, 6) is 1.10. The Bertz CT molecular complexity index is 1670. The number of thioether (sulfide) groups is 1. The summed E-state index contributed by atoms with van der Waals surface area (Å²) in [4.78, 5) is 18.7. The van der Waals surface area contributed by atoms with Gasteiger partial charge in [-0.25, -0.2) is 4.68 Å². The summed E-state index contributed by atoms with van der Waals surface area (Å²) in [6.45, 7) is 8.03. The number of anilines is 2. The first-order chi connectivity index (χ1) is 19.7. The van der Waals surface area contributed by atoms with Crippen molar-refractivity contribution >= 4 is 56.8 Å². The topological polar surface area (TPSA) is 101 Å². The quantitative estimate of drug-likeness (QED) is 0.168. The summed E-state index contributed by atoms with van der Waals surface area (Å²) >= 11 is 11.3. The number of hydrogen-bond donors (Lipinski definition) is 3. The molecule has 0 radical (unpaired) electrons. The Hall–Kier alpha value is -3.47. The van der Waals surface area contributed by atoms with Gasteiger partial charge < -0.3 is 20.5 Å². The number of aryl methyl sites for hydroxylation is 2. The smallest absolute Gasteiger partial charge is 0.255 e. The molecule has 0 aliphatic carbocycles. The molecular formula is C30H29BrClN5O3S. The molecule has 0 saturated carbocycles. The summed E-state index contributed by atoms with van der Waals surface area (Å²) in [7, 11) is 0. The average Bonchev–Trinajstić information content (AvgIpc) is 3.33. The van der Waals surface area contributed by atoms with Gasteiger partial charge in [-0.2, -0.15) is 4.98 Å². The highest BCUT2D eigenvalue weighted by Crippen LogP contribution is 2.43. The van der Waals surface area contributed by atoms with E-state index < -0.39 is 6.04 Å². The van der Waals surface area contributed by atoms with E-state index in [0.717, 1.165) is 22.4 Å². The van der Waals surface area contributed by atoms with Gasteiger partial charge in [-0.3, -0.25) is 4.79 Å². The van der Waals surface area contributed by atoms with Crippen LogP contribution >= 0.6 is 39.3 Å². The summed E-state index contributed by atoms with van der Waals surface area (Å²) in [6.07, 6.45) is 0. The normalized spacial score (nSPS) is 14.4. The number of ether oxygens (including phenoxy) is 1. The molecule has 3 aromatic carbocycles. The van der Waals surface area contributed by atoms with E-state index in [1.54, 1.807) is 16.8 Å². The molecule has 11 heteroatoms.